The SMILES string of the molecule is Cc1ccc(-c2cc(C(=O)NCc3cnc(C)nc3)cc(C(=O)N3CCC(F)(F)C3)c2)cc1.Cc1ccc(-c2cc(C(=O)O)cc(C(=O)NCc3cnc(C)nc3)c2)cc1. The van der Waals surface area contributed by atoms with Gasteiger partial charge in [-0.05, 0) is 86.3 Å². The molecule has 0 spiro atoms. The molecule has 14 heteroatoms. The topological polar surface area (TPSA) is 167 Å². The molecule has 6 aromatic rings. The highest BCUT2D eigenvalue weighted by Gasteiger charge is 2.40. The molecule has 3 heterocycles. The third-order valence-corrected chi connectivity index (χ3v) is 9.69. The van der Waals surface area contributed by atoms with Gasteiger partial charge in [0, 0.05) is 78.7 Å². The van der Waals surface area contributed by atoms with Crippen molar-refractivity contribution in [3.05, 3.63) is 166 Å². The highest BCUT2D eigenvalue weighted by Crippen LogP contribution is 2.30. The third kappa shape index (κ3) is 11.2. The molecule has 1 aliphatic heterocycles. The number of carbonyl (C=O) groups is 4. The molecule has 3 N–H and O–H groups in total. The maximum atomic E-state index is 13.7. The molecule has 4 aromatic carbocycles. The molecule has 7 rings (SSSR count). The van der Waals surface area contributed by atoms with E-state index in [1.807, 2.05) is 62.4 Å². The number of carboxylic acid groups (broad SMARTS) is 1. The van der Waals surface area contributed by atoms with E-state index in [1.54, 1.807) is 62.9 Å². The standard InChI is InChI=1S/C25H24F2N4O2.C21H19N3O3/c1-16-3-5-19(6-4-16)20-9-21(23(32)30-14-18-12-28-17(2)29-13-18)11-22(10-20)24(33)31-8-7-25(26,27)15-31;1-13-3-5-16(6-4-13)17-7-18(9-19(8-17)21(26)27)20(25)24-12-15-10-22-14(2)23-11-15/h3-6,9-13H,7-8,14-15H2,1-2H3,(H,30,32);3-11H,12H2,1-2H3,(H,24,25)(H,26,27). The molecule has 60 heavy (non-hydrogen) atoms. The number of benzene rings is 4. The summed E-state index contributed by atoms with van der Waals surface area (Å²) >= 11 is 0. The Morgan fingerprint density at radius 3 is 1.40 bits per heavy atom. The number of likely N-dealkylation sites (tertiary alicyclic amines) is 1. The average molecular weight is 812 g/mol. The smallest absolute Gasteiger partial charge is 0.335 e. The normalized spacial score (nSPS) is 12.9. The van der Waals surface area contributed by atoms with Crippen LogP contribution in [0.2, 0.25) is 0 Å². The Bertz CT molecular complexity index is 2510. The number of rotatable bonds is 10. The van der Waals surface area contributed by atoms with E-state index in [1.165, 1.54) is 12.1 Å². The molecular weight excluding hydrogens is 769 g/mol. The molecule has 0 radical (unpaired) electrons. The fourth-order valence-corrected chi connectivity index (χ4v) is 6.27. The molecule has 2 aromatic heterocycles. The Morgan fingerprint density at radius 2 is 1.00 bits per heavy atom. The number of nitrogens with one attached hydrogen (secondary N) is 2. The lowest BCUT2D eigenvalue weighted by Crippen LogP contribution is -2.31. The summed E-state index contributed by atoms with van der Waals surface area (Å²) in [5.41, 5.74) is 7.53. The summed E-state index contributed by atoms with van der Waals surface area (Å²) in [4.78, 5) is 67.5. The number of nitrogens with zero attached hydrogens (tertiary/aromatic N) is 5. The van der Waals surface area contributed by atoms with Gasteiger partial charge in [0.05, 0.1) is 12.1 Å². The van der Waals surface area contributed by atoms with Crippen LogP contribution < -0.4 is 10.6 Å². The fraction of sp³-hybridized carbons (Fsp3) is 0.217. The van der Waals surface area contributed by atoms with Crippen molar-refractivity contribution in [2.45, 2.75) is 53.1 Å². The number of amides is 3. The van der Waals surface area contributed by atoms with Crippen LogP contribution in [0.25, 0.3) is 22.3 Å². The lowest BCUT2D eigenvalue weighted by atomic mass is 9.98. The second-order valence-corrected chi connectivity index (χ2v) is 14.6. The molecule has 0 unspecified atom stereocenters. The second kappa shape index (κ2) is 18.6. The number of hydrogen-bond donors (Lipinski definition) is 3. The minimum Gasteiger partial charge on any atom is -0.478 e. The van der Waals surface area contributed by atoms with Gasteiger partial charge in [-0.2, -0.15) is 0 Å². The largest absolute Gasteiger partial charge is 0.478 e. The van der Waals surface area contributed by atoms with Crippen molar-refractivity contribution in [1.82, 2.24) is 35.5 Å². The summed E-state index contributed by atoms with van der Waals surface area (Å²) in [7, 11) is 0. The van der Waals surface area contributed by atoms with E-state index >= 15 is 0 Å². The van der Waals surface area contributed by atoms with Gasteiger partial charge < -0.3 is 20.6 Å². The van der Waals surface area contributed by atoms with Crippen LogP contribution in [-0.4, -0.2) is 72.6 Å². The van der Waals surface area contributed by atoms with Crippen LogP contribution in [0.5, 0.6) is 0 Å². The molecule has 3 amide bonds. The molecule has 0 aliphatic carbocycles. The first-order chi connectivity index (χ1) is 28.6. The molecule has 0 saturated carbocycles. The van der Waals surface area contributed by atoms with E-state index < -0.39 is 24.3 Å². The maximum absolute atomic E-state index is 13.7. The van der Waals surface area contributed by atoms with Crippen molar-refractivity contribution in [1.29, 1.82) is 0 Å². The molecule has 1 fully saturated rings. The van der Waals surface area contributed by atoms with E-state index in [-0.39, 0.29) is 54.6 Å². The molecule has 12 nitrogen and oxygen atoms in total. The van der Waals surface area contributed by atoms with Crippen LogP contribution in [0.4, 0.5) is 8.78 Å². The highest BCUT2D eigenvalue weighted by atomic mass is 19.3. The van der Waals surface area contributed by atoms with Crippen LogP contribution in [0.1, 0.15) is 81.8 Å². The van der Waals surface area contributed by atoms with Gasteiger partial charge in [-0.15, -0.1) is 0 Å². The molecule has 0 atom stereocenters. The zero-order chi connectivity index (χ0) is 43.0. The lowest BCUT2D eigenvalue weighted by Gasteiger charge is -2.18. The summed E-state index contributed by atoms with van der Waals surface area (Å²) < 4.78 is 27.4. The van der Waals surface area contributed by atoms with Crippen molar-refractivity contribution in [3.63, 3.8) is 0 Å². The van der Waals surface area contributed by atoms with Gasteiger partial charge in [-0.3, -0.25) is 14.4 Å². The van der Waals surface area contributed by atoms with E-state index in [0.29, 0.717) is 28.3 Å². The highest BCUT2D eigenvalue weighted by molar-refractivity contribution is 6.02. The number of halogens is 2. The van der Waals surface area contributed by atoms with Gasteiger partial charge in [0.1, 0.15) is 11.6 Å². The number of hydrogen-bond acceptors (Lipinski definition) is 8. The number of alkyl halides is 2. The van der Waals surface area contributed by atoms with Gasteiger partial charge in [-0.25, -0.2) is 33.5 Å². The number of aromatic nitrogens is 4. The van der Waals surface area contributed by atoms with Gasteiger partial charge in [-0.1, -0.05) is 59.7 Å². The lowest BCUT2D eigenvalue weighted by molar-refractivity contribution is 0.0120. The Labute approximate surface area is 345 Å². The van der Waals surface area contributed by atoms with Crippen molar-refractivity contribution in [3.8, 4) is 22.3 Å². The number of carboxylic acids is 1. The summed E-state index contributed by atoms with van der Waals surface area (Å²) in [6.07, 6.45) is 6.20. The first-order valence-electron chi connectivity index (χ1n) is 19.1. The Morgan fingerprint density at radius 1 is 0.600 bits per heavy atom. The number of aromatic carboxylic acids is 1. The van der Waals surface area contributed by atoms with E-state index in [9.17, 15) is 33.1 Å². The fourth-order valence-electron chi connectivity index (χ4n) is 6.27. The van der Waals surface area contributed by atoms with Crippen LogP contribution >= 0.6 is 0 Å². The van der Waals surface area contributed by atoms with Crippen molar-refractivity contribution in [2.75, 3.05) is 13.1 Å². The average Bonchev–Trinajstić information content (AvgIpc) is 3.62. The summed E-state index contributed by atoms with van der Waals surface area (Å²) in [5.74, 6) is -3.93. The molecular formula is C46H43F2N7O5. The third-order valence-electron chi connectivity index (χ3n) is 9.69. The minimum absolute atomic E-state index is 0.0183. The van der Waals surface area contributed by atoms with Crippen LogP contribution in [0.15, 0.2) is 110 Å². The van der Waals surface area contributed by atoms with Gasteiger partial charge >= 0.3 is 5.97 Å². The second-order valence-electron chi connectivity index (χ2n) is 14.6. The zero-order valence-electron chi connectivity index (χ0n) is 33.5. The monoisotopic (exact) mass is 811 g/mol. The van der Waals surface area contributed by atoms with Gasteiger partial charge in [0.25, 0.3) is 23.6 Å². The van der Waals surface area contributed by atoms with Crippen LogP contribution in [0, 0.1) is 27.7 Å². The first-order valence-corrected chi connectivity index (χ1v) is 19.1. The molecule has 0 bridgehead atoms. The number of carbonyl (C=O) groups excluding carboxylic acids is 3. The van der Waals surface area contributed by atoms with Crippen LogP contribution in [0.3, 0.4) is 0 Å². The predicted octanol–water partition coefficient (Wildman–Crippen LogP) is 7.56. The predicted molar refractivity (Wildman–Crippen MR) is 222 cm³/mol. The minimum atomic E-state index is -2.89. The summed E-state index contributed by atoms with van der Waals surface area (Å²) in [5, 5.41) is 15.0. The number of aryl methyl sites for hydroxylation is 4. The van der Waals surface area contributed by atoms with Crippen molar-refractivity contribution in [2.24, 2.45) is 0 Å². The summed E-state index contributed by atoms with van der Waals surface area (Å²) in [6.45, 7) is 7.34. The Kier molecular flexibility index (Phi) is 13.1. The van der Waals surface area contributed by atoms with Crippen molar-refractivity contribution < 1.29 is 33.1 Å². The molecule has 1 saturated heterocycles. The van der Waals surface area contributed by atoms with E-state index in [0.717, 1.165) is 38.3 Å². The quantitative estimate of drug-likeness (QED) is 0.127. The maximum Gasteiger partial charge on any atom is 0.335 e. The Hall–Kier alpha value is -7.22. The van der Waals surface area contributed by atoms with Crippen molar-refractivity contribution >= 4 is 23.7 Å². The van der Waals surface area contributed by atoms with E-state index in [2.05, 4.69) is 30.6 Å². The van der Waals surface area contributed by atoms with Gasteiger partial charge in [0.2, 0.25) is 0 Å². The van der Waals surface area contributed by atoms with Crippen LogP contribution in [-0.2, 0) is 13.1 Å². The molecule has 306 valence electrons. The Balaban J connectivity index is 0.000000205. The first kappa shape index (κ1) is 42.4. The summed E-state index contributed by atoms with van der Waals surface area (Å²) in [6, 6.07) is 24.8. The molecule has 1 aliphatic rings. The van der Waals surface area contributed by atoms with E-state index in [4.69, 9.17) is 0 Å². The zero-order valence-corrected chi connectivity index (χ0v) is 33.5. The van der Waals surface area contributed by atoms with Gasteiger partial charge in [0.15, 0.2) is 0 Å².